The fourth-order valence-corrected chi connectivity index (χ4v) is 5.03. The number of hydrogen-bond acceptors (Lipinski definition) is 4. The highest BCUT2D eigenvalue weighted by molar-refractivity contribution is 7.10. The molecule has 1 unspecified atom stereocenters. The van der Waals surface area contributed by atoms with Gasteiger partial charge in [-0.15, -0.1) is 11.3 Å². The third-order valence-electron chi connectivity index (χ3n) is 6.07. The van der Waals surface area contributed by atoms with Gasteiger partial charge in [0.25, 0.3) is 0 Å². The van der Waals surface area contributed by atoms with Crippen LogP contribution in [-0.2, 0) is 20.7 Å². The van der Waals surface area contributed by atoms with Crippen molar-refractivity contribution in [3.63, 3.8) is 0 Å². The second kappa shape index (κ2) is 15.2. The molecule has 7 heteroatoms. The second-order valence-electron chi connectivity index (χ2n) is 8.46. The third-order valence-corrected chi connectivity index (χ3v) is 6.95. The molecule has 1 saturated carbocycles. The number of rotatable bonds is 9. The maximum absolute atomic E-state index is 14.3. The highest BCUT2D eigenvalue weighted by Crippen LogP contribution is 2.28. The van der Waals surface area contributed by atoms with Gasteiger partial charge in [-0.2, -0.15) is 0 Å². The molecule has 1 aromatic carbocycles. The van der Waals surface area contributed by atoms with E-state index in [0.717, 1.165) is 37.0 Å². The fraction of sp³-hybridized carbons (Fsp3) is 0.448. The van der Waals surface area contributed by atoms with Crippen LogP contribution in [0.2, 0.25) is 0 Å². The van der Waals surface area contributed by atoms with Gasteiger partial charge in [-0.25, -0.2) is 4.39 Å². The van der Waals surface area contributed by atoms with Crippen molar-refractivity contribution in [1.82, 2.24) is 5.32 Å². The molecule has 5 nitrogen and oxygen atoms in total. The van der Waals surface area contributed by atoms with E-state index in [1.54, 1.807) is 25.1 Å². The third kappa shape index (κ3) is 8.05. The van der Waals surface area contributed by atoms with Gasteiger partial charge in [0.05, 0.1) is 19.3 Å². The molecule has 0 aliphatic heterocycles. The van der Waals surface area contributed by atoms with Gasteiger partial charge in [0.15, 0.2) is 0 Å². The van der Waals surface area contributed by atoms with Crippen LogP contribution in [0.15, 0.2) is 65.3 Å². The van der Waals surface area contributed by atoms with Gasteiger partial charge >= 0.3 is 0 Å². The maximum Gasteiger partial charge on any atom is 0.248 e. The van der Waals surface area contributed by atoms with E-state index in [1.165, 1.54) is 35.5 Å². The van der Waals surface area contributed by atoms with Crippen molar-refractivity contribution in [3.8, 4) is 0 Å². The molecule has 36 heavy (non-hydrogen) atoms. The van der Waals surface area contributed by atoms with Crippen molar-refractivity contribution in [1.29, 1.82) is 0 Å². The predicted molar refractivity (Wildman–Crippen MR) is 147 cm³/mol. The largest absolute Gasteiger partial charge is 0.501 e. The number of thiophene rings is 1. The monoisotopic (exact) mass is 514 g/mol. The van der Waals surface area contributed by atoms with E-state index in [0.29, 0.717) is 17.0 Å². The topological polar surface area (TPSA) is 58.6 Å². The SMILES string of the molecule is C/C=C\C(=C(/C)OC)C(C(=O)NC1CCCCC1)N(C(=O)Cc1cccs1)c1cccc(F)c1.CC. The van der Waals surface area contributed by atoms with Crippen LogP contribution >= 0.6 is 11.3 Å². The van der Waals surface area contributed by atoms with E-state index in [-0.39, 0.29) is 24.3 Å². The number of anilines is 1. The molecular formula is C29H39FN2O3S. The van der Waals surface area contributed by atoms with Crippen molar-refractivity contribution in [2.75, 3.05) is 12.0 Å². The van der Waals surface area contributed by atoms with Crippen LogP contribution in [0.25, 0.3) is 0 Å². The number of methoxy groups -OCH3 is 1. The molecule has 2 amide bonds. The summed E-state index contributed by atoms with van der Waals surface area (Å²) in [7, 11) is 1.54. The summed E-state index contributed by atoms with van der Waals surface area (Å²) in [5.41, 5.74) is 0.887. The van der Waals surface area contributed by atoms with Gasteiger partial charge in [0.2, 0.25) is 11.8 Å². The molecule has 1 N–H and O–H groups in total. The molecule has 0 spiro atoms. The first-order chi connectivity index (χ1) is 17.4. The Kier molecular flexibility index (Phi) is 12.4. The quantitative estimate of drug-likeness (QED) is 0.296. The number of halogens is 1. The lowest BCUT2D eigenvalue weighted by Gasteiger charge is -2.34. The standard InChI is InChI=1S/C27H33FN2O3S.C2H6/c1-4-10-24(19(2)33-3)26(27(32)29-21-12-6-5-7-13-21)30(22-14-8-11-20(28)17-22)25(31)18-23-15-9-16-34-23;1-2/h4,8-11,14-17,21,26H,5-7,12-13,18H2,1-3H3,(H,29,32);1-2H3/b10-4-,24-19-;. The van der Waals surface area contributed by atoms with Crippen LogP contribution in [0.4, 0.5) is 10.1 Å². The summed E-state index contributed by atoms with van der Waals surface area (Å²) in [6, 6.07) is 8.64. The molecule has 0 bridgehead atoms. The van der Waals surface area contributed by atoms with Crippen molar-refractivity contribution >= 4 is 28.8 Å². The van der Waals surface area contributed by atoms with Crippen LogP contribution < -0.4 is 10.2 Å². The Morgan fingerprint density at radius 3 is 2.50 bits per heavy atom. The van der Waals surface area contributed by atoms with Crippen LogP contribution in [-0.4, -0.2) is 31.0 Å². The zero-order valence-electron chi connectivity index (χ0n) is 22.1. The normalized spacial score (nSPS) is 15.4. The summed E-state index contributed by atoms with van der Waals surface area (Å²) in [6.45, 7) is 7.61. The number of nitrogens with one attached hydrogen (secondary N) is 1. The molecule has 1 aliphatic carbocycles. The summed E-state index contributed by atoms with van der Waals surface area (Å²) in [6.07, 6.45) is 8.82. The minimum atomic E-state index is -1.01. The zero-order valence-corrected chi connectivity index (χ0v) is 22.9. The Morgan fingerprint density at radius 1 is 1.19 bits per heavy atom. The van der Waals surface area contributed by atoms with Crippen molar-refractivity contribution in [2.45, 2.75) is 78.3 Å². The van der Waals surface area contributed by atoms with Gasteiger partial charge in [0.1, 0.15) is 11.9 Å². The van der Waals surface area contributed by atoms with Gasteiger partial charge < -0.3 is 10.1 Å². The summed E-state index contributed by atoms with van der Waals surface area (Å²) in [5, 5.41) is 5.07. The van der Waals surface area contributed by atoms with Gasteiger partial charge in [-0.05, 0) is 56.3 Å². The number of amides is 2. The van der Waals surface area contributed by atoms with E-state index in [9.17, 15) is 14.0 Å². The molecule has 1 aliphatic rings. The molecular weight excluding hydrogens is 475 g/mol. The van der Waals surface area contributed by atoms with Gasteiger partial charge in [-0.1, -0.05) is 57.4 Å². The first-order valence-electron chi connectivity index (χ1n) is 12.7. The lowest BCUT2D eigenvalue weighted by atomic mass is 9.94. The lowest BCUT2D eigenvalue weighted by Crippen LogP contribution is -2.53. The average Bonchev–Trinajstić information content (AvgIpc) is 3.40. The molecule has 0 saturated heterocycles. The number of hydrogen-bond donors (Lipinski definition) is 1. The maximum atomic E-state index is 14.3. The van der Waals surface area contributed by atoms with E-state index in [1.807, 2.05) is 44.4 Å². The average molecular weight is 515 g/mol. The van der Waals surface area contributed by atoms with E-state index in [2.05, 4.69) is 5.32 Å². The Morgan fingerprint density at radius 2 is 1.92 bits per heavy atom. The molecule has 1 heterocycles. The minimum Gasteiger partial charge on any atom is -0.501 e. The van der Waals surface area contributed by atoms with Crippen molar-refractivity contribution < 1.29 is 18.7 Å². The minimum absolute atomic E-state index is 0.0558. The number of carbonyl (C=O) groups is 2. The number of nitrogens with zero attached hydrogens (tertiary/aromatic N) is 1. The number of allylic oxidation sites excluding steroid dienone is 2. The molecule has 2 aromatic rings. The number of ether oxygens (including phenoxy) is 1. The van der Waals surface area contributed by atoms with Crippen molar-refractivity contribution in [2.24, 2.45) is 0 Å². The summed E-state index contributed by atoms with van der Waals surface area (Å²) >= 11 is 1.47. The highest BCUT2D eigenvalue weighted by Gasteiger charge is 2.36. The molecule has 1 aromatic heterocycles. The summed E-state index contributed by atoms with van der Waals surface area (Å²) < 4.78 is 19.8. The van der Waals surface area contributed by atoms with E-state index in [4.69, 9.17) is 4.74 Å². The first kappa shape index (κ1) is 29.3. The molecule has 3 rings (SSSR count). The second-order valence-corrected chi connectivity index (χ2v) is 9.49. The van der Waals surface area contributed by atoms with Crippen LogP contribution in [0.5, 0.6) is 0 Å². The Bertz CT molecular complexity index is 1030. The Labute approximate surface area is 219 Å². The Balaban J connectivity index is 0.00000222. The van der Waals surface area contributed by atoms with Crippen molar-refractivity contribution in [3.05, 3.63) is 76.0 Å². The number of carbonyl (C=O) groups excluding carboxylic acids is 2. The van der Waals surface area contributed by atoms with Crippen LogP contribution in [0.1, 0.15) is 64.7 Å². The molecule has 1 fully saturated rings. The smallest absolute Gasteiger partial charge is 0.248 e. The van der Waals surface area contributed by atoms with Crippen LogP contribution in [0.3, 0.4) is 0 Å². The summed E-state index contributed by atoms with van der Waals surface area (Å²) in [5.74, 6) is -0.534. The molecule has 196 valence electrons. The lowest BCUT2D eigenvalue weighted by molar-refractivity contribution is -0.126. The van der Waals surface area contributed by atoms with Gasteiger partial charge in [-0.3, -0.25) is 14.5 Å². The molecule has 0 radical (unpaired) electrons. The number of benzene rings is 1. The summed E-state index contributed by atoms with van der Waals surface area (Å²) in [4.78, 5) is 29.8. The predicted octanol–water partition coefficient (Wildman–Crippen LogP) is 6.80. The van der Waals surface area contributed by atoms with E-state index >= 15 is 0 Å². The first-order valence-corrected chi connectivity index (χ1v) is 13.6. The molecule has 1 atom stereocenters. The fourth-order valence-electron chi connectivity index (χ4n) is 4.33. The highest BCUT2D eigenvalue weighted by atomic mass is 32.1. The van der Waals surface area contributed by atoms with E-state index < -0.39 is 11.9 Å². The zero-order chi connectivity index (χ0) is 26.5. The van der Waals surface area contributed by atoms with Crippen LogP contribution in [0, 0.1) is 5.82 Å². The van der Waals surface area contributed by atoms with Gasteiger partial charge in [0, 0.05) is 22.2 Å². The Hall–Kier alpha value is -2.93.